The average Bonchev–Trinajstić information content (AvgIpc) is 2.64. The van der Waals surface area contributed by atoms with Gasteiger partial charge in [-0.15, -0.1) is 0 Å². The fourth-order valence-electron chi connectivity index (χ4n) is 3.07. The second-order valence-corrected chi connectivity index (χ2v) is 6.42. The SMILES string of the molecule is Cc1ccc(NC(=O)CN2CCN(c3cccc(F)c3C#N)CC2)cc1. The summed E-state index contributed by atoms with van der Waals surface area (Å²) in [6.45, 7) is 4.98. The Balaban J connectivity index is 1.54. The molecule has 0 bridgehead atoms. The highest BCUT2D eigenvalue weighted by Gasteiger charge is 2.22. The van der Waals surface area contributed by atoms with Gasteiger partial charge in [-0.3, -0.25) is 9.69 Å². The predicted molar refractivity (Wildman–Crippen MR) is 99.6 cm³/mol. The Morgan fingerprint density at radius 2 is 1.85 bits per heavy atom. The Morgan fingerprint density at radius 3 is 2.50 bits per heavy atom. The molecule has 1 amide bonds. The lowest BCUT2D eigenvalue weighted by molar-refractivity contribution is -0.117. The van der Waals surface area contributed by atoms with Gasteiger partial charge in [0, 0.05) is 31.9 Å². The van der Waals surface area contributed by atoms with Crippen LogP contribution in [0.1, 0.15) is 11.1 Å². The van der Waals surface area contributed by atoms with Crippen LogP contribution in [0.25, 0.3) is 0 Å². The van der Waals surface area contributed by atoms with E-state index in [2.05, 4.69) is 10.2 Å². The van der Waals surface area contributed by atoms with Crippen molar-refractivity contribution in [2.75, 3.05) is 42.9 Å². The first kappa shape index (κ1) is 17.9. The quantitative estimate of drug-likeness (QED) is 0.919. The zero-order chi connectivity index (χ0) is 18.5. The van der Waals surface area contributed by atoms with Crippen LogP contribution in [0.15, 0.2) is 42.5 Å². The number of hydrogen-bond acceptors (Lipinski definition) is 4. The van der Waals surface area contributed by atoms with Crippen molar-refractivity contribution in [3.05, 3.63) is 59.4 Å². The van der Waals surface area contributed by atoms with Gasteiger partial charge in [0.05, 0.1) is 12.2 Å². The van der Waals surface area contributed by atoms with Gasteiger partial charge in [-0.1, -0.05) is 23.8 Å². The Bertz CT molecular complexity index is 821. The van der Waals surface area contributed by atoms with Gasteiger partial charge in [-0.05, 0) is 31.2 Å². The van der Waals surface area contributed by atoms with E-state index in [0.29, 0.717) is 38.4 Å². The zero-order valence-electron chi connectivity index (χ0n) is 14.7. The molecule has 0 atom stereocenters. The molecule has 1 aliphatic rings. The van der Waals surface area contributed by atoms with Crippen LogP contribution >= 0.6 is 0 Å². The molecule has 0 unspecified atom stereocenters. The molecular weight excluding hydrogens is 331 g/mol. The van der Waals surface area contributed by atoms with Gasteiger partial charge < -0.3 is 10.2 Å². The fourth-order valence-corrected chi connectivity index (χ4v) is 3.07. The van der Waals surface area contributed by atoms with E-state index < -0.39 is 5.82 Å². The molecule has 0 radical (unpaired) electrons. The molecule has 3 rings (SSSR count). The maximum Gasteiger partial charge on any atom is 0.238 e. The van der Waals surface area contributed by atoms with Crippen LogP contribution in [0, 0.1) is 24.1 Å². The third-order valence-corrected chi connectivity index (χ3v) is 4.52. The summed E-state index contributed by atoms with van der Waals surface area (Å²) >= 11 is 0. The molecule has 0 aliphatic carbocycles. The lowest BCUT2D eigenvalue weighted by atomic mass is 10.1. The van der Waals surface area contributed by atoms with E-state index in [9.17, 15) is 14.4 Å². The van der Waals surface area contributed by atoms with E-state index in [4.69, 9.17) is 0 Å². The van der Waals surface area contributed by atoms with Crippen molar-refractivity contribution in [3.63, 3.8) is 0 Å². The summed E-state index contributed by atoms with van der Waals surface area (Å²) in [4.78, 5) is 16.3. The Kier molecular flexibility index (Phi) is 5.49. The summed E-state index contributed by atoms with van der Waals surface area (Å²) in [6.07, 6.45) is 0. The lowest BCUT2D eigenvalue weighted by Gasteiger charge is -2.36. The highest BCUT2D eigenvalue weighted by Crippen LogP contribution is 2.23. The number of piperazine rings is 1. The van der Waals surface area contributed by atoms with Crippen LogP contribution in [-0.4, -0.2) is 43.5 Å². The minimum Gasteiger partial charge on any atom is -0.368 e. The van der Waals surface area contributed by atoms with E-state index in [0.717, 1.165) is 11.3 Å². The van der Waals surface area contributed by atoms with Crippen LogP contribution < -0.4 is 10.2 Å². The van der Waals surface area contributed by atoms with Crippen molar-refractivity contribution in [2.45, 2.75) is 6.92 Å². The first-order valence-corrected chi connectivity index (χ1v) is 8.59. The van der Waals surface area contributed by atoms with E-state index in [-0.39, 0.29) is 11.5 Å². The third kappa shape index (κ3) is 4.19. The van der Waals surface area contributed by atoms with E-state index in [1.54, 1.807) is 12.1 Å². The Labute approximate surface area is 152 Å². The van der Waals surface area contributed by atoms with Gasteiger partial charge >= 0.3 is 0 Å². The maximum absolute atomic E-state index is 13.8. The Morgan fingerprint density at radius 1 is 1.15 bits per heavy atom. The number of rotatable bonds is 4. The van der Waals surface area contributed by atoms with Crippen molar-refractivity contribution >= 4 is 17.3 Å². The van der Waals surface area contributed by atoms with Crippen molar-refractivity contribution in [3.8, 4) is 6.07 Å². The number of halogens is 1. The molecule has 6 heteroatoms. The van der Waals surface area contributed by atoms with E-state index >= 15 is 0 Å². The molecule has 2 aromatic rings. The van der Waals surface area contributed by atoms with Gasteiger partial charge in [-0.2, -0.15) is 5.26 Å². The Hall–Kier alpha value is -2.91. The van der Waals surface area contributed by atoms with Crippen molar-refractivity contribution < 1.29 is 9.18 Å². The summed E-state index contributed by atoms with van der Waals surface area (Å²) < 4.78 is 13.8. The molecule has 0 aromatic heterocycles. The molecule has 26 heavy (non-hydrogen) atoms. The van der Waals surface area contributed by atoms with Gasteiger partial charge in [0.15, 0.2) is 0 Å². The summed E-state index contributed by atoms with van der Waals surface area (Å²) in [5.41, 5.74) is 2.64. The maximum atomic E-state index is 13.8. The van der Waals surface area contributed by atoms with Gasteiger partial charge in [0.2, 0.25) is 5.91 Å². The first-order valence-electron chi connectivity index (χ1n) is 8.59. The molecule has 1 fully saturated rings. The zero-order valence-corrected chi connectivity index (χ0v) is 14.7. The number of anilines is 2. The topological polar surface area (TPSA) is 59.4 Å². The van der Waals surface area contributed by atoms with Gasteiger partial charge in [0.1, 0.15) is 17.4 Å². The monoisotopic (exact) mass is 352 g/mol. The number of carbonyl (C=O) groups is 1. The highest BCUT2D eigenvalue weighted by atomic mass is 19.1. The lowest BCUT2D eigenvalue weighted by Crippen LogP contribution is -2.48. The minimum absolute atomic E-state index is 0.0502. The van der Waals surface area contributed by atoms with Crippen molar-refractivity contribution in [1.82, 2.24) is 4.90 Å². The predicted octanol–water partition coefficient (Wildman–Crippen LogP) is 2.77. The minimum atomic E-state index is -0.495. The fraction of sp³-hybridized carbons (Fsp3) is 0.300. The van der Waals surface area contributed by atoms with Crippen molar-refractivity contribution in [2.24, 2.45) is 0 Å². The largest absolute Gasteiger partial charge is 0.368 e. The summed E-state index contributed by atoms with van der Waals surface area (Å²) in [5.74, 6) is -0.546. The number of benzene rings is 2. The second-order valence-electron chi connectivity index (χ2n) is 6.42. The normalized spacial score (nSPS) is 14.7. The first-order chi connectivity index (χ1) is 12.6. The standard InChI is InChI=1S/C20H21FN4O/c1-15-5-7-16(8-6-15)23-20(26)14-24-9-11-25(12-10-24)19-4-2-3-18(21)17(19)13-22/h2-8H,9-12,14H2,1H3,(H,23,26). The van der Waals surface area contributed by atoms with Crippen LogP contribution in [0.5, 0.6) is 0 Å². The van der Waals surface area contributed by atoms with Crippen LogP contribution in [0.4, 0.5) is 15.8 Å². The van der Waals surface area contributed by atoms with Crippen LogP contribution in [-0.2, 0) is 4.79 Å². The molecule has 0 saturated carbocycles. The molecule has 2 aromatic carbocycles. The van der Waals surface area contributed by atoms with Crippen molar-refractivity contribution in [1.29, 1.82) is 5.26 Å². The summed E-state index contributed by atoms with van der Waals surface area (Å²) in [6, 6.07) is 14.3. The second kappa shape index (κ2) is 7.98. The van der Waals surface area contributed by atoms with E-state index in [1.807, 2.05) is 42.2 Å². The van der Waals surface area contributed by atoms with Gasteiger partial charge in [0.25, 0.3) is 0 Å². The summed E-state index contributed by atoms with van der Waals surface area (Å²) in [5, 5.41) is 12.1. The molecule has 1 saturated heterocycles. The van der Waals surface area contributed by atoms with Crippen LogP contribution in [0.3, 0.4) is 0 Å². The summed E-state index contributed by atoms with van der Waals surface area (Å²) in [7, 11) is 0. The number of nitrogens with zero attached hydrogens (tertiary/aromatic N) is 3. The third-order valence-electron chi connectivity index (χ3n) is 4.52. The van der Waals surface area contributed by atoms with Crippen LogP contribution in [0.2, 0.25) is 0 Å². The molecular formula is C20H21FN4O. The molecule has 0 spiro atoms. The number of carbonyl (C=O) groups excluding carboxylic acids is 1. The molecule has 1 N–H and O–H groups in total. The smallest absolute Gasteiger partial charge is 0.238 e. The number of hydrogen-bond donors (Lipinski definition) is 1. The van der Waals surface area contributed by atoms with Gasteiger partial charge in [-0.25, -0.2) is 4.39 Å². The average molecular weight is 352 g/mol. The number of amides is 1. The molecule has 5 nitrogen and oxygen atoms in total. The highest BCUT2D eigenvalue weighted by molar-refractivity contribution is 5.92. The van der Waals surface area contributed by atoms with E-state index in [1.165, 1.54) is 6.07 Å². The molecule has 1 aliphatic heterocycles. The number of aryl methyl sites for hydroxylation is 1. The number of nitrogens with one attached hydrogen (secondary N) is 1. The molecule has 1 heterocycles. The number of nitriles is 1. The molecule has 134 valence electrons.